The van der Waals surface area contributed by atoms with Crippen molar-refractivity contribution in [2.45, 2.75) is 32.2 Å². The molecule has 2 aliphatic carbocycles. The highest BCUT2D eigenvalue weighted by Gasteiger charge is 2.53. The van der Waals surface area contributed by atoms with E-state index in [-0.39, 0.29) is 10.6 Å². The van der Waals surface area contributed by atoms with Crippen LogP contribution in [0.1, 0.15) is 31.2 Å². The van der Waals surface area contributed by atoms with Gasteiger partial charge in [0, 0.05) is 30.2 Å². The van der Waals surface area contributed by atoms with E-state index in [4.69, 9.17) is 11.6 Å². The molecule has 2 fully saturated rings. The Labute approximate surface area is 117 Å². The Hall–Kier alpha value is -1.13. The van der Waals surface area contributed by atoms with Crippen molar-refractivity contribution in [2.75, 3.05) is 6.54 Å². The monoisotopic (exact) mass is 280 g/mol. The van der Waals surface area contributed by atoms with Gasteiger partial charge >= 0.3 is 0 Å². The minimum Gasteiger partial charge on any atom is -0.312 e. The molecule has 0 radical (unpaired) electrons. The highest BCUT2D eigenvalue weighted by molar-refractivity contribution is 6.31. The van der Waals surface area contributed by atoms with Crippen molar-refractivity contribution in [2.24, 2.45) is 11.3 Å². The topological polar surface area (TPSA) is 55.2 Å². The van der Waals surface area contributed by atoms with Crippen LogP contribution >= 0.6 is 11.6 Å². The molecule has 0 heterocycles. The van der Waals surface area contributed by atoms with Crippen LogP contribution in [-0.4, -0.2) is 11.5 Å². The van der Waals surface area contributed by atoms with Crippen molar-refractivity contribution in [3.63, 3.8) is 0 Å². The Morgan fingerprint density at radius 2 is 2.16 bits per heavy atom. The number of halogens is 1. The van der Waals surface area contributed by atoms with Gasteiger partial charge in [-0.05, 0) is 48.6 Å². The van der Waals surface area contributed by atoms with Gasteiger partial charge in [0.15, 0.2) is 0 Å². The third kappa shape index (κ3) is 2.74. The number of hydrogen-bond acceptors (Lipinski definition) is 3. The lowest BCUT2D eigenvalue weighted by atomic mass is 10.0. The molecular weight excluding hydrogens is 264 g/mol. The average Bonchev–Trinajstić information content (AvgIpc) is 3.25. The van der Waals surface area contributed by atoms with E-state index in [1.165, 1.54) is 31.7 Å². The summed E-state index contributed by atoms with van der Waals surface area (Å²) in [6, 6.07) is 4.61. The van der Waals surface area contributed by atoms with Gasteiger partial charge in [-0.2, -0.15) is 0 Å². The summed E-state index contributed by atoms with van der Waals surface area (Å²) in [6.45, 7) is 1.62. The summed E-state index contributed by atoms with van der Waals surface area (Å²) in [5.41, 5.74) is 1.44. The summed E-state index contributed by atoms with van der Waals surface area (Å²) in [5.74, 6) is 0.917. The zero-order chi connectivity index (χ0) is 13.5. The second kappa shape index (κ2) is 4.76. The summed E-state index contributed by atoms with van der Waals surface area (Å²) < 4.78 is 0. The number of nitro groups is 1. The van der Waals surface area contributed by atoms with Crippen LogP contribution in [0.2, 0.25) is 5.02 Å². The summed E-state index contributed by atoms with van der Waals surface area (Å²) in [4.78, 5) is 10.4. The molecule has 0 unspecified atom stereocenters. The van der Waals surface area contributed by atoms with Crippen molar-refractivity contribution in [1.82, 2.24) is 5.32 Å². The van der Waals surface area contributed by atoms with Crippen LogP contribution in [0.5, 0.6) is 0 Å². The normalized spacial score (nSPS) is 20.3. The van der Waals surface area contributed by atoms with Crippen molar-refractivity contribution >= 4 is 17.3 Å². The number of nitrogens with zero attached hydrogens (tertiary/aromatic N) is 1. The van der Waals surface area contributed by atoms with E-state index >= 15 is 0 Å². The van der Waals surface area contributed by atoms with Crippen LogP contribution in [0.3, 0.4) is 0 Å². The lowest BCUT2D eigenvalue weighted by Crippen LogP contribution is -2.25. The van der Waals surface area contributed by atoms with Crippen molar-refractivity contribution in [3.8, 4) is 0 Å². The summed E-state index contributed by atoms with van der Waals surface area (Å²) in [7, 11) is 0. The molecular formula is C14H17ClN2O2. The Balaban J connectivity index is 1.60. The largest absolute Gasteiger partial charge is 0.312 e. The molecule has 19 heavy (non-hydrogen) atoms. The van der Waals surface area contributed by atoms with E-state index < -0.39 is 0 Å². The maximum atomic E-state index is 10.7. The zero-order valence-electron chi connectivity index (χ0n) is 10.7. The Bertz CT molecular complexity index is 510. The maximum absolute atomic E-state index is 10.7. The maximum Gasteiger partial charge on any atom is 0.269 e. The van der Waals surface area contributed by atoms with Crippen molar-refractivity contribution in [1.29, 1.82) is 0 Å². The molecule has 1 N–H and O–H groups in total. The average molecular weight is 281 g/mol. The van der Waals surface area contributed by atoms with Gasteiger partial charge in [-0.25, -0.2) is 0 Å². The highest BCUT2D eigenvalue weighted by atomic mass is 35.5. The Kier molecular flexibility index (Phi) is 3.23. The predicted molar refractivity (Wildman–Crippen MR) is 74.2 cm³/mol. The van der Waals surface area contributed by atoms with Crippen LogP contribution in [0.4, 0.5) is 5.69 Å². The summed E-state index contributed by atoms with van der Waals surface area (Å²) in [6.07, 6.45) is 5.40. The summed E-state index contributed by atoms with van der Waals surface area (Å²) in [5, 5.41) is 14.8. The fourth-order valence-electron chi connectivity index (χ4n) is 2.84. The standard InChI is InChI=1S/C14H17ClN2O2/c15-13-4-3-12(17(18)19)7-10(13)8-16-9-14(5-6-14)11-1-2-11/h3-4,7,11,16H,1-2,5-6,8-9H2. The molecule has 4 nitrogen and oxygen atoms in total. The first-order valence-electron chi connectivity index (χ1n) is 6.74. The molecule has 5 heteroatoms. The summed E-state index contributed by atoms with van der Waals surface area (Å²) >= 11 is 6.08. The number of nitro benzene ring substituents is 1. The van der Waals surface area contributed by atoms with Gasteiger partial charge in [-0.15, -0.1) is 0 Å². The number of non-ortho nitro benzene ring substituents is 1. The van der Waals surface area contributed by atoms with E-state index in [2.05, 4.69) is 5.32 Å². The minimum absolute atomic E-state index is 0.101. The number of nitrogens with one attached hydrogen (secondary N) is 1. The first kappa shape index (κ1) is 12.9. The fourth-order valence-corrected chi connectivity index (χ4v) is 3.03. The molecule has 0 atom stereocenters. The van der Waals surface area contributed by atoms with Crippen LogP contribution in [0.15, 0.2) is 18.2 Å². The van der Waals surface area contributed by atoms with Gasteiger partial charge in [0.25, 0.3) is 5.69 Å². The Morgan fingerprint density at radius 1 is 1.42 bits per heavy atom. The van der Waals surface area contributed by atoms with E-state index in [9.17, 15) is 10.1 Å². The fraction of sp³-hybridized carbons (Fsp3) is 0.571. The van der Waals surface area contributed by atoms with Gasteiger partial charge in [-0.1, -0.05) is 11.6 Å². The number of hydrogen-bond donors (Lipinski definition) is 1. The molecule has 1 aromatic carbocycles. The molecule has 0 aromatic heterocycles. The van der Waals surface area contributed by atoms with E-state index in [1.54, 1.807) is 12.1 Å². The molecule has 0 aliphatic heterocycles. The number of rotatable bonds is 6. The van der Waals surface area contributed by atoms with Gasteiger partial charge < -0.3 is 5.32 Å². The van der Waals surface area contributed by atoms with Gasteiger partial charge in [0.1, 0.15) is 0 Å². The first-order valence-corrected chi connectivity index (χ1v) is 7.12. The molecule has 3 rings (SSSR count). The third-order valence-electron chi connectivity index (χ3n) is 4.37. The van der Waals surface area contributed by atoms with Gasteiger partial charge in [0.05, 0.1) is 4.92 Å². The lowest BCUT2D eigenvalue weighted by molar-refractivity contribution is -0.384. The van der Waals surface area contributed by atoms with E-state index in [0.29, 0.717) is 17.0 Å². The van der Waals surface area contributed by atoms with Crippen LogP contribution in [-0.2, 0) is 6.54 Å². The molecule has 2 aliphatic rings. The molecule has 0 spiro atoms. The molecule has 0 bridgehead atoms. The van der Waals surface area contributed by atoms with E-state index in [1.807, 2.05) is 0 Å². The predicted octanol–water partition coefficient (Wildman–Crippen LogP) is 3.53. The SMILES string of the molecule is O=[N+]([O-])c1ccc(Cl)c(CNCC2(C3CC3)CC2)c1. The highest BCUT2D eigenvalue weighted by Crippen LogP contribution is 2.60. The minimum atomic E-state index is -0.383. The number of benzene rings is 1. The van der Waals surface area contributed by atoms with Gasteiger partial charge in [0.2, 0.25) is 0 Å². The molecule has 0 amide bonds. The van der Waals surface area contributed by atoms with Crippen LogP contribution < -0.4 is 5.32 Å². The van der Waals surface area contributed by atoms with Crippen LogP contribution in [0.25, 0.3) is 0 Å². The van der Waals surface area contributed by atoms with E-state index in [0.717, 1.165) is 18.0 Å². The molecule has 0 saturated heterocycles. The molecule has 2 saturated carbocycles. The molecule has 102 valence electrons. The van der Waals surface area contributed by atoms with Gasteiger partial charge in [-0.3, -0.25) is 10.1 Å². The smallest absolute Gasteiger partial charge is 0.269 e. The third-order valence-corrected chi connectivity index (χ3v) is 4.74. The quantitative estimate of drug-likeness (QED) is 0.641. The van der Waals surface area contributed by atoms with Crippen molar-refractivity contribution < 1.29 is 4.92 Å². The second-order valence-corrected chi connectivity index (χ2v) is 6.18. The van der Waals surface area contributed by atoms with Crippen LogP contribution in [0, 0.1) is 21.4 Å². The molecule has 1 aromatic rings. The lowest BCUT2D eigenvalue weighted by Gasteiger charge is -2.15. The Morgan fingerprint density at radius 3 is 2.74 bits per heavy atom. The van der Waals surface area contributed by atoms with Crippen molar-refractivity contribution in [3.05, 3.63) is 38.9 Å². The first-order chi connectivity index (χ1) is 9.11. The zero-order valence-corrected chi connectivity index (χ0v) is 11.4. The second-order valence-electron chi connectivity index (χ2n) is 5.77.